The number of hydrogen-bond donors (Lipinski definition) is 0. The van der Waals surface area contributed by atoms with Gasteiger partial charge in [0.25, 0.3) is 0 Å². The number of benzene rings is 2. The van der Waals surface area contributed by atoms with Crippen molar-refractivity contribution < 1.29 is 18.7 Å². The van der Waals surface area contributed by atoms with E-state index in [0.717, 1.165) is 10.6 Å². The van der Waals surface area contributed by atoms with E-state index >= 15 is 0 Å². The average molecular weight is 306 g/mol. The lowest BCUT2D eigenvalue weighted by Gasteiger charge is -2.07. The number of ether oxygens (including phenoxy) is 2. The topological polar surface area (TPSA) is 35.5 Å². The van der Waals surface area contributed by atoms with Gasteiger partial charge in [-0.1, -0.05) is 6.07 Å². The molecule has 0 heterocycles. The van der Waals surface area contributed by atoms with E-state index in [-0.39, 0.29) is 11.8 Å². The maximum Gasteiger partial charge on any atom is 0.337 e. The summed E-state index contributed by atoms with van der Waals surface area (Å²) in [5.41, 5.74) is 0.459. The zero-order valence-corrected chi connectivity index (χ0v) is 12.4. The van der Waals surface area contributed by atoms with Gasteiger partial charge < -0.3 is 9.47 Å². The van der Waals surface area contributed by atoms with Crippen LogP contribution in [0.4, 0.5) is 4.39 Å². The second kappa shape index (κ2) is 7.69. The summed E-state index contributed by atoms with van der Waals surface area (Å²) in [5, 5.41) is 0. The van der Waals surface area contributed by atoms with Gasteiger partial charge in [-0.25, -0.2) is 9.18 Å². The summed E-state index contributed by atoms with van der Waals surface area (Å²) >= 11 is 1.58. The zero-order valence-electron chi connectivity index (χ0n) is 11.5. The molecular formula is C16H15FO3S. The Balaban J connectivity index is 1.80. The normalized spacial score (nSPS) is 10.2. The fraction of sp³-hybridized carbons (Fsp3) is 0.188. The van der Waals surface area contributed by atoms with Crippen molar-refractivity contribution in [2.45, 2.75) is 4.90 Å². The highest BCUT2D eigenvalue weighted by Crippen LogP contribution is 2.19. The van der Waals surface area contributed by atoms with Gasteiger partial charge in [0.2, 0.25) is 0 Å². The van der Waals surface area contributed by atoms with Gasteiger partial charge >= 0.3 is 5.97 Å². The van der Waals surface area contributed by atoms with Gasteiger partial charge in [0.1, 0.15) is 11.6 Å². The van der Waals surface area contributed by atoms with Crippen molar-refractivity contribution in [3.05, 3.63) is 59.9 Å². The predicted molar refractivity (Wildman–Crippen MR) is 80.4 cm³/mol. The van der Waals surface area contributed by atoms with Gasteiger partial charge in [-0.3, -0.25) is 0 Å². The molecule has 110 valence electrons. The monoisotopic (exact) mass is 306 g/mol. The SMILES string of the molecule is COC(=O)c1cccc(OCCSc2ccc(F)cc2)c1. The standard InChI is InChI=1S/C16H15FO3S/c1-19-16(18)12-3-2-4-14(11-12)20-9-10-21-15-7-5-13(17)6-8-15/h2-8,11H,9-10H2,1H3. The van der Waals surface area contributed by atoms with Gasteiger partial charge in [-0.15, -0.1) is 11.8 Å². The minimum Gasteiger partial charge on any atom is -0.493 e. The highest BCUT2D eigenvalue weighted by molar-refractivity contribution is 7.99. The van der Waals surface area contributed by atoms with Crippen molar-refractivity contribution in [3.8, 4) is 5.75 Å². The number of methoxy groups -OCH3 is 1. The number of halogens is 1. The van der Waals surface area contributed by atoms with E-state index < -0.39 is 0 Å². The minimum absolute atomic E-state index is 0.241. The fourth-order valence-electron chi connectivity index (χ4n) is 1.68. The van der Waals surface area contributed by atoms with Crippen molar-refractivity contribution in [1.29, 1.82) is 0 Å². The Kier molecular flexibility index (Phi) is 5.63. The van der Waals surface area contributed by atoms with Crippen LogP contribution < -0.4 is 4.74 Å². The van der Waals surface area contributed by atoms with Crippen molar-refractivity contribution >= 4 is 17.7 Å². The molecule has 0 atom stereocenters. The summed E-state index contributed by atoms with van der Waals surface area (Å²) < 4.78 is 23.0. The highest BCUT2D eigenvalue weighted by Gasteiger charge is 2.06. The molecule has 0 saturated heterocycles. The predicted octanol–water partition coefficient (Wildman–Crippen LogP) is 3.78. The molecule has 2 aromatic rings. The first-order valence-corrected chi connectivity index (χ1v) is 7.37. The molecule has 0 N–H and O–H groups in total. The Hall–Kier alpha value is -2.01. The molecule has 0 bridgehead atoms. The zero-order chi connectivity index (χ0) is 15.1. The Morgan fingerprint density at radius 1 is 1.19 bits per heavy atom. The molecule has 2 aromatic carbocycles. The van der Waals surface area contributed by atoms with E-state index in [1.165, 1.54) is 19.2 Å². The molecule has 0 spiro atoms. The van der Waals surface area contributed by atoms with Gasteiger partial charge in [0.05, 0.1) is 19.3 Å². The summed E-state index contributed by atoms with van der Waals surface area (Å²) in [6.45, 7) is 0.493. The molecule has 5 heteroatoms. The van der Waals surface area contributed by atoms with E-state index in [4.69, 9.17) is 4.74 Å². The Morgan fingerprint density at radius 2 is 1.95 bits per heavy atom. The van der Waals surface area contributed by atoms with Crippen molar-refractivity contribution in [1.82, 2.24) is 0 Å². The van der Waals surface area contributed by atoms with E-state index in [9.17, 15) is 9.18 Å². The van der Waals surface area contributed by atoms with E-state index in [2.05, 4.69) is 4.74 Å². The Bertz CT molecular complexity index is 599. The van der Waals surface area contributed by atoms with Crippen LogP contribution in [0.3, 0.4) is 0 Å². The minimum atomic E-state index is -0.388. The van der Waals surface area contributed by atoms with Crippen LogP contribution in [0.25, 0.3) is 0 Å². The maximum atomic E-state index is 12.8. The summed E-state index contributed by atoms with van der Waals surface area (Å²) in [7, 11) is 1.34. The molecular weight excluding hydrogens is 291 g/mol. The van der Waals surface area contributed by atoms with Crippen LogP contribution in [0.1, 0.15) is 10.4 Å². The summed E-state index contributed by atoms with van der Waals surface area (Å²) in [6, 6.07) is 13.2. The smallest absolute Gasteiger partial charge is 0.337 e. The highest BCUT2D eigenvalue weighted by atomic mass is 32.2. The molecule has 0 aliphatic rings. The second-order valence-electron chi connectivity index (χ2n) is 4.17. The molecule has 0 saturated carbocycles. The van der Waals surface area contributed by atoms with Gasteiger partial charge in [-0.05, 0) is 42.5 Å². The lowest BCUT2D eigenvalue weighted by Crippen LogP contribution is -2.03. The van der Waals surface area contributed by atoms with Gasteiger partial charge in [0.15, 0.2) is 0 Å². The first-order valence-electron chi connectivity index (χ1n) is 6.38. The molecule has 0 amide bonds. The first kappa shape index (κ1) is 15.4. The number of carbonyl (C=O) groups excluding carboxylic acids is 1. The third-order valence-electron chi connectivity index (χ3n) is 2.69. The number of thioether (sulfide) groups is 1. The van der Waals surface area contributed by atoms with Crippen LogP contribution in [0.5, 0.6) is 5.75 Å². The Labute approximate surface area is 127 Å². The third kappa shape index (κ3) is 4.79. The molecule has 0 aliphatic carbocycles. The average Bonchev–Trinajstić information content (AvgIpc) is 2.53. The summed E-state index contributed by atoms with van der Waals surface area (Å²) in [6.07, 6.45) is 0. The number of esters is 1. The van der Waals surface area contributed by atoms with Crippen LogP contribution in [0.2, 0.25) is 0 Å². The van der Waals surface area contributed by atoms with Crippen molar-refractivity contribution in [3.63, 3.8) is 0 Å². The lowest BCUT2D eigenvalue weighted by molar-refractivity contribution is 0.0600. The van der Waals surface area contributed by atoms with Crippen molar-refractivity contribution in [2.24, 2.45) is 0 Å². The first-order chi connectivity index (χ1) is 10.2. The Morgan fingerprint density at radius 3 is 2.67 bits per heavy atom. The van der Waals surface area contributed by atoms with Crippen molar-refractivity contribution in [2.75, 3.05) is 19.5 Å². The second-order valence-corrected chi connectivity index (χ2v) is 5.34. The third-order valence-corrected chi connectivity index (χ3v) is 3.67. The molecule has 0 aromatic heterocycles. The van der Waals surface area contributed by atoms with Crippen LogP contribution in [-0.2, 0) is 4.74 Å². The van der Waals surface area contributed by atoms with Crippen LogP contribution >= 0.6 is 11.8 Å². The molecule has 0 unspecified atom stereocenters. The molecule has 3 nitrogen and oxygen atoms in total. The van der Waals surface area contributed by atoms with Gasteiger partial charge in [0, 0.05) is 10.6 Å². The molecule has 0 aliphatic heterocycles. The molecule has 21 heavy (non-hydrogen) atoms. The maximum absolute atomic E-state index is 12.8. The van der Waals surface area contributed by atoms with E-state index in [1.54, 1.807) is 48.2 Å². The van der Waals surface area contributed by atoms with Crippen LogP contribution in [0, 0.1) is 5.82 Å². The molecule has 2 rings (SSSR count). The quantitative estimate of drug-likeness (QED) is 0.462. The summed E-state index contributed by atoms with van der Waals surface area (Å²) in [5.74, 6) is 0.725. The fourth-order valence-corrected chi connectivity index (χ4v) is 2.41. The molecule has 0 radical (unpaired) electrons. The number of hydrogen-bond acceptors (Lipinski definition) is 4. The van der Waals surface area contributed by atoms with E-state index in [1.807, 2.05) is 0 Å². The summed E-state index contributed by atoms with van der Waals surface area (Å²) in [4.78, 5) is 12.4. The van der Waals surface area contributed by atoms with E-state index in [0.29, 0.717) is 17.9 Å². The van der Waals surface area contributed by atoms with Gasteiger partial charge in [-0.2, -0.15) is 0 Å². The number of rotatable bonds is 6. The van der Waals surface area contributed by atoms with Crippen LogP contribution in [0.15, 0.2) is 53.4 Å². The largest absolute Gasteiger partial charge is 0.493 e. The molecule has 0 fully saturated rings. The lowest BCUT2D eigenvalue weighted by atomic mass is 10.2. The number of carbonyl (C=O) groups is 1. The van der Waals surface area contributed by atoms with Crippen LogP contribution in [-0.4, -0.2) is 25.4 Å².